The molecule has 12 heteroatoms. The maximum Gasteiger partial charge on any atom is 0.309 e. The molecule has 0 aliphatic carbocycles. The van der Waals surface area contributed by atoms with Crippen LogP contribution in [-0.2, 0) is 26.2 Å². The number of thioether (sulfide) groups is 1. The molecule has 3 heterocycles. The molecule has 1 N–H and O–H groups in total. The molecule has 0 bridgehead atoms. The Morgan fingerprint density at radius 2 is 1.92 bits per heavy atom. The van der Waals surface area contributed by atoms with Crippen molar-refractivity contribution in [3.63, 3.8) is 0 Å². The molecule has 2 aliphatic heterocycles. The number of nitriles is 1. The fraction of sp³-hybridized carbons (Fsp3) is 0.538. The van der Waals surface area contributed by atoms with Gasteiger partial charge in [0.05, 0.1) is 17.4 Å². The summed E-state index contributed by atoms with van der Waals surface area (Å²) in [7, 11) is 1.61. The Kier molecular flexibility index (Phi) is 10.1. The molecule has 0 saturated carbocycles. The van der Waals surface area contributed by atoms with E-state index in [9.17, 15) is 24.4 Å². The minimum Gasteiger partial charge on any atom is -0.481 e. The van der Waals surface area contributed by atoms with Gasteiger partial charge in [0.1, 0.15) is 21.8 Å². The van der Waals surface area contributed by atoms with Gasteiger partial charge in [-0.05, 0) is 51.2 Å². The molecule has 204 valence electrons. The summed E-state index contributed by atoms with van der Waals surface area (Å²) < 4.78 is 7.02. The minimum absolute atomic E-state index is 0.0119. The van der Waals surface area contributed by atoms with Crippen LogP contribution >= 0.6 is 24.0 Å². The third kappa shape index (κ3) is 6.45. The van der Waals surface area contributed by atoms with Gasteiger partial charge in [0, 0.05) is 38.7 Å². The van der Waals surface area contributed by atoms with Gasteiger partial charge >= 0.3 is 11.9 Å². The van der Waals surface area contributed by atoms with E-state index in [4.69, 9.17) is 22.1 Å². The van der Waals surface area contributed by atoms with Gasteiger partial charge in [0.15, 0.2) is 0 Å². The Labute approximate surface area is 231 Å². The van der Waals surface area contributed by atoms with Crippen LogP contribution in [0.3, 0.4) is 0 Å². The van der Waals surface area contributed by atoms with Crippen molar-refractivity contribution in [3.8, 4) is 6.07 Å². The fourth-order valence-electron chi connectivity index (χ4n) is 4.73. The number of nitrogens with zero attached hydrogens (tertiary/aromatic N) is 4. The van der Waals surface area contributed by atoms with E-state index in [0.29, 0.717) is 84.5 Å². The van der Waals surface area contributed by atoms with E-state index >= 15 is 0 Å². The molecule has 0 radical (unpaired) electrons. The lowest BCUT2D eigenvalue weighted by Gasteiger charge is -2.35. The fourth-order valence-corrected chi connectivity index (χ4v) is 6.02. The van der Waals surface area contributed by atoms with Gasteiger partial charge in [-0.1, -0.05) is 30.4 Å². The molecule has 1 aromatic rings. The smallest absolute Gasteiger partial charge is 0.309 e. The van der Waals surface area contributed by atoms with Crippen molar-refractivity contribution in [2.45, 2.75) is 52.4 Å². The Bertz CT molecular complexity index is 1260. The van der Waals surface area contributed by atoms with Crippen LogP contribution in [-0.4, -0.2) is 63.0 Å². The Hall–Kier alpha value is -3.17. The van der Waals surface area contributed by atoms with Gasteiger partial charge in [-0.25, -0.2) is 0 Å². The highest BCUT2D eigenvalue weighted by atomic mass is 32.2. The number of aliphatic carboxylic acids is 1. The van der Waals surface area contributed by atoms with Gasteiger partial charge in [-0.15, -0.1) is 0 Å². The average molecular weight is 561 g/mol. The summed E-state index contributed by atoms with van der Waals surface area (Å²) in [6.45, 7) is 5.22. The summed E-state index contributed by atoms with van der Waals surface area (Å²) in [5.74, 6) is -0.935. The van der Waals surface area contributed by atoms with Crippen molar-refractivity contribution in [1.29, 1.82) is 5.26 Å². The number of carbonyl (C=O) groups excluding carboxylic acids is 2. The molecule has 2 fully saturated rings. The van der Waals surface area contributed by atoms with Gasteiger partial charge in [0.25, 0.3) is 11.5 Å². The number of piperidine rings is 1. The molecule has 1 aromatic heterocycles. The van der Waals surface area contributed by atoms with Gasteiger partial charge in [-0.3, -0.25) is 28.6 Å². The molecule has 2 aliphatic rings. The van der Waals surface area contributed by atoms with Crippen LogP contribution in [0, 0.1) is 24.2 Å². The van der Waals surface area contributed by atoms with Crippen LogP contribution in [0.4, 0.5) is 5.82 Å². The minimum atomic E-state index is -0.844. The quantitative estimate of drug-likeness (QED) is 0.197. The maximum absolute atomic E-state index is 13.2. The zero-order valence-corrected chi connectivity index (χ0v) is 23.5. The van der Waals surface area contributed by atoms with E-state index in [-0.39, 0.29) is 29.8 Å². The highest BCUT2D eigenvalue weighted by molar-refractivity contribution is 8.26. The van der Waals surface area contributed by atoms with Crippen molar-refractivity contribution in [2.24, 2.45) is 13.0 Å². The molecular formula is C26H32N4O6S2. The number of rotatable bonds is 10. The third-order valence-electron chi connectivity index (χ3n) is 6.80. The lowest BCUT2D eigenvalue weighted by Crippen LogP contribution is -2.40. The second kappa shape index (κ2) is 13.1. The van der Waals surface area contributed by atoms with Crippen LogP contribution in [0.1, 0.15) is 62.1 Å². The number of hydrogen-bond donors (Lipinski definition) is 1. The number of carbonyl (C=O) groups is 3. The molecule has 0 atom stereocenters. The van der Waals surface area contributed by atoms with Crippen LogP contribution in [0.15, 0.2) is 9.70 Å². The zero-order chi connectivity index (χ0) is 28.0. The number of anilines is 1. The highest BCUT2D eigenvalue weighted by Crippen LogP contribution is 2.36. The lowest BCUT2D eigenvalue weighted by molar-refractivity contribution is -0.148. The number of amides is 1. The van der Waals surface area contributed by atoms with Crippen molar-refractivity contribution in [1.82, 2.24) is 9.47 Å². The molecule has 2 saturated heterocycles. The summed E-state index contributed by atoms with van der Waals surface area (Å²) in [5.41, 5.74) is 0.675. The van der Waals surface area contributed by atoms with E-state index in [1.807, 2.05) is 11.0 Å². The van der Waals surface area contributed by atoms with E-state index in [2.05, 4.69) is 0 Å². The van der Waals surface area contributed by atoms with Crippen LogP contribution < -0.4 is 10.5 Å². The third-order valence-corrected chi connectivity index (χ3v) is 8.18. The molecule has 10 nitrogen and oxygen atoms in total. The number of carboxylic acids is 1. The SMILES string of the molecule is CCOC(=O)C1CCN(c2c(/C=C3/SC(=S)N(CCCCCC(=O)O)C3=O)c(C)c(C#N)c(=O)n2C)CC1. The Balaban J connectivity index is 1.90. The molecule has 0 spiro atoms. The number of carboxylic acid groups (broad SMARTS) is 1. The standard InChI is InChI=1S/C26H32N4O6S2/c1-4-36-25(35)17-9-12-29(13-10-17)22-18(16(2)19(15-27)23(33)28(22)3)14-20-24(34)30(26(37)38-20)11-7-5-6-8-21(31)32/h14,17H,4-13H2,1-3H3,(H,31,32)/b20-14+. The Morgan fingerprint density at radius 1 is 1.24 bits per heavy atom. The number of pyridine rings is 1. The van der Waals surface area contributed by atoms with Gasteiger partial charge in [-0.2, -0.15) is 5.26 Å². The molecular weight excluding hydrogens is 528 g/mol. The summed E-state index contributed by atoms with van der Waals surface area (Å²) in [6, 6.07) is 2.00. The molecule has 0 unspecified atom stereocenters. The largest absolute Gasteiger partial charge is 0.481 e. The highest BCUT2D eigenvalue weighted by Gasteiger charge is 2.34. The number of ether oxygens (including phenoxy) is 1. The summed E-state index contributed by atoms with van der Waals surface area (Å²) in [6.07, 6.45) is 4.75. The summed E-state index contributed by atoms with van der Waals surface area (Å²) >= 11 is 6.61. The average Bonchev–Trinajstić information content (AvgIpc) is 3.15. The lowest BCUT2D eigenvalue weighted by atomic mass is 9.95. The number of aromatic nitrogens is 1. The normalized spacial score (nSPS) is 17.3. The molecule has 3 rings (SSSR count). The number of unbranched alkanes of at least 4 members (excludes halogenated alkanes) is 2. The van der Waals surface area contributed by atoms with Crippen molar-refractivity contribution >= 4 is 58.0 Å². The summed E-state index contributed by atoms with van der Waals surface area (Å²) in [5, 5.41) is 18.5. The van der Waals surface area contributed by atoms with E-state index in [0.717, 1.165) is 0 Å². The van der Waals surface area contributed by atoms with Crippen molar-refractivity contribution in [3.05, 3.63) is 31.9 Å². The van der Waals surface area contributed by atoms with E-state index in [1.54, 1.807) is 27.0 Å². The van der Waals surface area contributed by atoms with E-state index < -0.39 is 11.5 Å². The van der Waals surface area contributed by atoms with Gasteiger partial charge < -0.3 is 14.7 Å². The maximum atomic E-state index is 13.2. The number of thiocarbonyl (C=S) groups is 1. The van der Waals surface area contributed by atoms with E-state index in [1.165, 1.54) is 21.2 Å². The molecule has 38 heavy (non-hydrogen) atoms. The first kappa shape index (κ1) is 29.4. The number of esters is 1. The first-order valence-electron chi connectivity index (χ1n) is 12.6. The number of hydrogen-bond acceptors (Lipinski definition) is 9. The second-order valence-electron chi connectivity index (χ2n) is 9.26. The predicted molar refractivity (Wildman–Crippen MR) is 149 cm³/mol. The first-order valence-corrected chi connectivity index (χ1v) is 13.9. The topological polar surface area (TPSA) is 133 Å². The van der Waals surface area contributed by atoms with Crippen LogP contribution in [0.2, 0.25) is 0 Å². The summed E-state index contributed by atoms with van der Waals surface area (Å²) in [4.78, 5) is 53.1. The Morgan fingerprint density at radius 3 is 2.53 bits per heavy atom. The predicted octanol–water partition coefficient (Wildman–Crippen LogP) is 3.19. The van der Waals surface area contributed by atoms with Gasteiger partial charge in [0.2, 0.25) is 0 Å². The van der Waals surface area contributed by atoms with Crippen molar-refractivity contribution in [2.75, 3.05) is 31.1 Å². The van der Waals surface area contributed by atoms with Crippen molar-refractivity contribution < 1.29 is 24.2 Å². The monoisotopic (exact) mass is 560 g/mol. The first-order chi connectivity index (χ1) is 18.1. The van der Waals surface area contributed by atoms with Crippen LogP contribution in [0.25, 0.3) is 6.08 Å². The second-order valence-corrected chi connectivity index (χ2v) is 10.9. The molecule has 1 amide bonds. The van der Waals surface area contributed by atoms with Crippen LogP contribution in [0.5, 0.6) is 0 Å². The molecule has 0 aromatic carbocycles. The zero-order valence-electron chi connectivity index (χ0n) is 21.8.